The minimum Gasteiger partial charge on any atom is -0.195 e. The number of nitrogens with zero attached hydrogens (tertiary/aromatic N) is 2. The number of thiophene rings is 2. The van der Waals surface area contributed by atoms with Gasteiger partial charge in [0, 0.05) is 30.4 Å². The summed E-state index contributed by atoms with van der Waals surface area (Å²) < 4.78 is 28.1. The van der Waals surface area contributed by atoms with Gasteiger partial charge >= 0.3 is 0 Å². The third-order valence-corrected chi connectivity index (χ3v) is 7.32. The van der Waals surface area contributed by atoms with Gasteiger partial charge in [-0.25, -0.2) is 0 Å². The van der Waals surface area contributed by atoms with Gasteiger partial charge in [0.25, 0.3) is 10.2 Å². The predicted molar refractivity (Wildman–Crippen MR) is 83.5 cm³/mol. The molecule has 0 amide bonds. The maximum absolute atomic E-state index is 12.6. The highest BCUT2D eigenvalue weighted by Crippen LogP contribution is 2.41. The highest BCUT2D eigenvalue weighted by atomic mass is 32.2. The van der Waals surface area contributed by atoms with Gasteiger partial charge in [0.2, 0.25) is 0 Å². The van der Waals surface area contributed by atoms with Gasteiger partial charge in [0.1, 0.15) is 0 Å². The Hall–Kier alpha value is -0.730. The van der Waals surface area contributed by atoms with Crippen molar-refractivity contribution in [3.05, 3.63) is 44.3 Å². The van der Waals surface area contributed by atoms with Gasteiger partial charge in [-0.1, -0.05) is 6.07 Å². The number of hydrogen-bond acceptors (Lipinski definition) is 4. The van der Waals surface area contributed by atoms with Crippen LogP contribution in [0.25, 0.3) is 0 Å². The molecule has 0 aromatic carbocycles. The maximum Gasteiger partial charge on any atom is 0.282 e. The molecule has 0 N–H and O–H groups in total. The van der Waals surface area contributed by atoms with Crippen molar-refractivity contribution in [1.82, 2.24) is 8.61 Å². The summed E-state index contributed by atoms with van der Waals surface area (Å²) in [6.07, 6.45) is 0.794. The molecule has 4 nitrogen and oxygen atoms in total. The second kappa shape index (κ2) is 5.23. The molecule has 20 heavy (non-hydrogen) atoms. The van der Waals surface area contributed by atoms with Crippen molar-refractivity contribution in [3.8, 4) is 0 Å². The molecular weight excluding hydrogens is 312 g/mol. The second-order valence-corrected chi connectivity index (χ2v) is 8.94. The number of fused-ring (bicyclic) bond motifs is 1. The zero-order valence-electron chi connectivity index (χ0n) is 11.3. The molecule has 7 heteroatoms. The lowest BCUT2D eigenvalue weighted by Crippen LogP contribution is -2.45. The molecule has 0 fully saturated rings. The van der Waals surface area contributed by atoms with E-state index in [4.69, 9.17) is 0 Å². The Balaban J connectivity index is 2.12. The van der Waals surface area contributed by atoms with Crippen molar-refractivity contribution < 1.29 is 8.42 Å². The first kappa shape index (κ1) is 14.2. The number of rotatable bonds is 3. The van der Waals surface area contributed by atoms with Crippen LogP contribution in [-0.4, -0.2) is 37.7 Å². The fraction of sp³-hybridized carbons (Fsp3) is 0.385. The normalized spacial score (nSPS) is 20.2. The average Bonchev–Trinajstić information content (AvgIpc) is 3.08. The Labute approximate surface area is 127 Å². The predicted octanol–water partition coefficient (Wildman–Crippen LogP) is 2.56. The van der Waals surface area contributed by atoms with Crippen LogP contribution in [0.4, 0.5) is 0 Å². The summed E-state index contributed by atoms with van der Waals surface area (Å²) in [5.74, 6) is 0. The summed E-state index contributed by atoms with van der Waals surface area (Å²) in [7, 11) is -0.243. The lowest BCUT2D eigenvalue weighted by atomic mass is 10.0. The van der Waals surface area contributed by atoms with Crippen LogP contribution in [0.3, 0.4) is 0 Å². The third kappa shape index (κ3) is 2.23. The standard InChI is InChI=1S/C13H16N2O2S3/c1-14(2)20(16,17)15-7-5-11-10(6-9-19-11)13(15)12-4-3-8-18-12/h3-4,6,8-9,13H,5,7H2,1-2H3. The van der Waals surface area contributed by atoms with E-state index in [0.29, 0.717) is 6.54 Å². The van der Waals surface area contributed by atoms with Crippen molar-refractivity contribution in [2.24, 2.45) is 0 Å². The molecule has 0 saturated heterocycles. The molecule has 2 aromatic heterocycles. The van der Waals surface area contributed by atoms with E-state index < -0.39 is 10.2 Å². The van der Waals surface area contributed by atoms with Crippen LogP contribution in [-0.2, 0) is 16.6 Å². The van der Waals surface area contributed by atoms with Gasteiger partial charge < -0.3 is 0 Å². The molecule has 1 aliphatic heterocycles. The maximum atomic E-state index is 12.6. The van der Waals surface area contributed by atoms with Crippen molar-refractivity contribution in [3.63, 3.8) is 0 Å². The Morgan fingerprint density at radius 3 is 2.70 bits per heavy atom. The molecule has 1 atom stereocenters. The van der Waals surface area contributed by atoms with E-state index in [2.05, 4.69) is 11.4 Å². The van der Waals surface area contributed by atoms with E-state index in [1.54, 1.807) is 41.1 Å². The average molecular weight is 328 g/mol. The minimum absolute atomic E-state index is 0.183. The second-order valence-electron chi connectivity index (χ2n) is 4.87. The van der Waals surface area contributed by atoms with Gasteiger partial charge in [-0.3, -0.25) is 0 Å². The topological polar surface area (TPSA) is 40.6 Å². The molecule has 0 saturated carbocycles. The minimum atomic E-state index is -3.42. The first-order chi connectivity index (χ1) is 9.51. The van der Waals surface area contributed by atoms with Crippen LogP contribution in [0.2, 0.25) is 0 Å². The first-order valence-corrected chi connectivity index (χ1v) is 9.46. The van der Waals surface area contributed by atoms with Gasteiger partial charge in [0.15, 0.2) is 0 Å². The summed E-state index contributed by atoms with van der Waals surface area (Å²) in [5, 5.41) is 4.05. The monoisotopic (exact) mass is 328 g/mol. The zero-order valence-corrected chi connectivity index (χ0v) is 13.8. The van der Waals surface area contributed by atoms with Crippen LogP contribution in [0, 0.1) is 0 Å². The SMILES string of the molecule is CN(C)S(=O)(=O)N1CCc2sccc2C1c1cccs1. The van der Waals surface area contributed by atoms with Crippen molar-refractivity contribution in [2.45, 2.75) is 12.5 Å². The van der Waals surface area contributed by atoms with E-state index in [1.165, 1.54) is 9.18 Å². The van der Waals surface area contributed by atoms with Crippen molar-refractivity contribution >= 4 is 32.9 Å². The van der Waals surface area contributed by atoms with E-state index >= 15 is 0 Å². The summed E-state index contributed by atoms with van der Waals surface area (Å²) in [6, 6.07) is 5.86. The fourth-order valence-electron chi connectivity index (χ4n) is 2.49. The van der Waals surface area contributed by atoms with Crippen LogP contribution < -0.4 is 0 Å². The lowest BCUT2D eigenvalue weighted by Gasteiger charge is -2.35. The molecule has 0 aliphatic carbocycles. The Bertz CT molecular complexity index is 689. The highest BCUT2D eigenvalue weighted by molar-refractivity contribution is 7.86. The molecule has 1 unspecified atom stereocenters. The molecule has 0 radical (unpaired) electrons. The third-order valence-electron chi connectivity index (χ3n) is 3.49. The van der Waals surface area contributed by atoms with E-state index in [0.717, 1.165) is 16.9 Å². The molecule has 0 spiro atoms. The van der Waals surface area contributed by atoms with Crippen LogP contribution in [0.5, 0.6) is 0 Å². The van der Waals surface area contributed by atoms with E-state index in [9.17, 15) is 8.42 Å². The quantitative estimate of drug-likeness (QED) is 0.869. The molecule has 108 valence electrons. The van der Waals surface area contributed by atoms with Gasteiger partial charge in [0.05, 0.1) is 6.04 Å². The van der Waals surface area contributed by atoms with Gasteiger partial charge in [-0.2, -0.15) is 17.0 Å². The summed E-state index contributed by atoms with van der Waals surface area (Å²) in [4.78, 5) is 2.38. The Morgan fingerprint density at radius 2 is 2.05 bits per heavy atom. The molecular formula is C13H16N2O2S3. The number of hydrogen-bond donors (Lipinski definition) is 0. The van der Waals surface area contributed by atoms with Gasteiger partial charge in [-0.15, -0.1) is 22.7 Å². The van der Waals surface area contributed by atoms with Gasteiger partial charge in [-0.05, 0) is 34.9 Å². The van der Waals surface area contributed by atoms with E-state index in [1.807, 2.05) is 17.5 Å². The molecule has 0 bridgehead atoms. The molecule has 1 aliphatic rings. The lowest BCUT2D eigenvalue weighted by molar-refractivity contribution is 0.325. The Kier molecular flexibility index (Phi) is 3.72. The fourth-order valence-corrected chi connectivity index (χ4v) is 5.55. The first-order valence-electron chi connectivity index (χ1n) is 6.31. The summed E-state index contributed by atoms with van der Waals surface area (Å²) in [5.41, 5.74) is 1.13. The molecule has 2 aromatic rings. The Morgan fingerprint density at radius 1 is 1.25 bits per heavy atom. The van der Waals surface area contributed by atoms with Crippen molar-refractivity contribution in [1.29, 1.82) is 0 Å². The molecule has 3 heterocycles. The summed E-state index contributed by atoms with van der Waals surface area (Å²) in [6.45, 7) is 0.538. The van der Waals surface area contributed by atoms with Crippen LogP contribution in [0.1, 0.15) is 21.4 Å². The van der Waals surface area contributed by atoms with Crippen molar-refractivity contribution in [2.75, 3.05) is 20.6 Å². The smallest absolute Gasteiger partial charge is 0.195 e. The van der Waals surface area contributed by atoms with Crippen LogP contribution in [0.15, 0.2) is 29.0 Å². The highest BCUT2D eigenvalue weighted by Gasteiger charge is 2.38. The molecule has 3 rings (SSSR count). The largest absolute Gasteiger partial charge is 0.282 e. The zero-order chi connectivity index (χ0) is 14.3. The summed E-state index contributed by atoms with van der Waals surface area (Å²) >= 11 is 3.33. The van der Waals surface area contributed by atoms with Crippen LogP contribution >= 0.6 is 22.7 Å². The van der Waals surface area contributed by atoms with E-state index in [-0.39, 0.29) is 6.04 Å².